The van der Waals surface area contributed by atoms with E-state index in [0.717, 1.165) is 5.56 Å². The third-order valence-corrected chi connectivity index (χ3v) is 6.15. The molecule has 0 aliphatic heterocycles. The van der Waals surface area contributed by atoms with Gasteiger partial charge in [0.15, 0.2) is 11.5 Å². The summed E-state index contributed by atoms with van der Waals surface area (Å²) < 4.78 is 5.96. The molecule has 0 unspecified atom stereocenters. The number of nitrogens with one attached hydrogen (secondary N) is 1. The van der Waals surface area contributed by atoms with Crippen molar-refractivity contribution in [3.63, 3.8) is 0 Å². The maximum absolute atomic E-state index is 12.1. The van der Waals surface area contributed by atoms with Gasteiger partial charge in [0.2, 0.25) is 0 Å². The highest BCUT2D eigenvalue weighted by molar-refractivity contribution is 9.11. The van der Waals surface area contributed by atoms with E-state index in [1.165, 1.54) is 18.4 Å². The van der Waals surface area contributed by atoms with Gasteiger partial charge < -0.3 is 20.3 Å². The molecule has 140 valence electrons. The molecule has 3 rings (SSSR count). The number of amides is 1. The van der Waals surface area contributed by atoms with Crippen LogP contribution in [0.1, 0.15) is 10.4 Å². The van der Waals surface area contributed by atoms with Gasteiger partial charge in [0.1, 0.15) is 10.8 Å². The van der Waals surface area contributed by atoms with Crippen molar-refractivity contribution < 1.29 is 19.7 Å². The lowest BCUT2D eigenvalue weighted by Crippen LogP contribution is -2.18. The van der Waals surface area contributed by atoms with Gasteiger partial charge in [-0.15, -0.1) is 11.3 Å². The fourth-order valence-electron chi connectivity index (χ4n) is 2.47. The number of carbonyl (C=O) groups is 1. The number of nitrogens with zero attached hydrogens (tertiary/aromatic N) is 1. The molecular weight excluding hydrogens is 500 g/mol. The second-order valence-electron chi connectivity index (χ2n) is 5.45. The van der Waals surface area contributed by atoms with Crippen LogP contribution in [0.25, 0.3) is 21.8 Å². The molecule has 0 spiro atoms. The Morgan fingerprint density at radius 1 is 1.22 bits per heavy atom. The number of phenols is 2. The molecule has 6 nitrogen and oxygen atoms in total. The van der Waals surface area contributed by atoms with Gasteiger partial charge in [-0.3, -0.25) is 4.79 Å². The lowest BCUT2D eigenvalue weighted by Gasteiger charge is -2.09. The quantitative estimate of drug-likeness (QED) is 0.436. The standard InChI is InChI=1S/C18H14Br2N2O4S/c1-21-17(25)9-5-8(3-4-13(9)26-2)12-7-27-18(22-12)10-6-11(19)15(23)16(24)14(10)20/h3-7,23-24H,1-2H3,(H,21,25). The molecule has 2 aromatic carbocycles. The molecule has 3 aromatic rings. The van der Waals surface area contributed by atoms with Gasteiger partial charge in [0, 0.05) is 23.6 Å². The number of thiazole rings is 1. The molecule has 1 aromatic heterocycles. The van der Waals surface area contributed by atoms with Gasteiger partial charge in [0.05, 0.1) is 27.3 Å². The Balaban J connectivity index is 2.06. The van der Waals surface area contributed by atoms with Crippen LogP contribution in [0, 0.1) is 0 Å². The van der Waals surface area contributed by atoms with E-state index in [1.54, 1.807) is 25.2 Å². The largest absolute Gasteiger partial charge is 0.503 e. The number of methoxy groups -OCH3 is 1. The SMILES string of the molecule is CNC(=O)c1cc(-c2csc(-c3cc(Br)c(O)c(O)c3Br)n2)ccc1OC. The Labute approximate surface area is 176 Å². The van der Waals surface area contributed by atoms with E-state index in [9.17, 15) is 15.0 Å². The second kappa shape index (κ2) is 7.87. The molecule has 27 heavy (non-hydrogen) atoms. The van der Waals surface area contributed by atoms with Crippen LogP contribution in [0.3, 0.4) is 0 Å². The molecule has 0 fully saturated rings. The van der Waals surface area contributed by atoms with Crippen LogP contribution in [-0.4, -0.2) is 35.3 Å². The van der Waals surface area contributed by atoms with Gasteiger partial charge in [0.25, 0.3) is 5.91 Å². The molecule has 3 N–H and O–H groups in total. The second-order valence-corrected chi connectivity index (χ2v) is 7.95. The van der Waals surface area contributed by atoms with Crippen molar-refractivity contribution in [1.82, 2.24) is 10.3 Å². The fraction of sp³-hybridized carbons (Fsp3) is 0.111. The number of ether oxygens (including phenoxy) is 1. The number of carbonyl (C=O) groups excluding carboxylic acids is 1. The van der Waals surface area contributed by atoms with E-state index in [1.807, 2.05) is 11.4 Å². The summed E-state index contributed by atoms with van der Waals surface area (Å²) in [5.41, 5.74) is 2.49. The Bertz CT molecular complexity index is 1040. The third-order valence-electron chi connectivity index (χ3n) is 3.87. The molecular formula is C18H14Br2N2O4S. The van der Waals surface area contributed by atoms with Crippen molar-refractivity contribution >= 4 is 49.1 Å². The van der Waals surface area contributed by atoms with E-state index in [-0.39, 0.29) is 17.4 Å². The maximum Gasteiger partial charge on any atom is 0.254 e. The maximum atomic E-state index is 12.1. The average molecular weight is 514 g/mol. The first-order valence-electron chi connectivity index (χ1n) is 7.63. The van der Waals surface area contributed by atoms with E-state index in [0.29, 0.717) is 36.5 Å². The number of hydrogen-bond donors (Lipinski definition) is 3. The molecule has 9 heteroatoms. The summed E-state index contributed by atoms with van der Waals surface area (Å²) in [6.45, 7) is 0. The molecule has 0 saturated heterocycles. The topological polar surface area (TPSA) is 91.7 Å². The van der Waals surface area contributed by atoms with Gasteiger partial charge in [-0.25, -0.2) is 4.98 Å². The molecule has 0 atom stereocenters. The molecule has 0 saturated carbocycles. The summed E-state index contributed by atoms with van der Waals surface area (Å²) in [5.74, 6) is -0.279. The van der Waals surface area contributed by atoms with E-state index in [2.05, 4.69) is 42.2 Å². The van der Waals surface area contributed by atoms with Crippen LogP contribution in [0.2, 0.25) is 0 Å². The van der Waals surface area contributed by atoms with Crippen LogP contribution in [0.4, 0.5) is 0 Å². The smallest absolute Gasteiger partial charge is 0.254 e. The van der Waals surface area contributed by atoms with E-state index in [4.69, 9.17) is 4.74 Å². The van der Waals surface area contributed by atoms with Crippen molar-refractivity contribution in [3.05, 3.63) is 44.2 Å². The van der Waals surface area contributed by atoms with Gasteiger partial charge in [-0.05, 0) is 56.1 Å². The minimum Gasteiger partial charge on any atom is -0.503 e. The fourth-order valence-corrected chi connectivity index (χ4v) is 4.36. The zero-order chi connectivity index (χ0) is 19.7. The lowest BCUT2D eigenvalue weighted by molar-refractivity contribution is 0.0960. The van der Waals surface area contributed by atoms with Crippen molar-refractivity contribution in [2.24, 2.45) is 0 Å². The number of benzene rings is 2. The summed E-state index contributed by atoms with van der Waals surface area (Å²) >= 11 is 7.89. The Kier molecular flexibility index (Phi) is 5.73. The van der Waals surface area contributed by atoms with Crippen LogP contribution in [0.15, 0.2) is 38.6 Å². The predicted octanol–water partition coefficient (Wildman–Crippen LogP) is 4.78. The molecule has 0 radical (unpaired) electrons. The summed E-state index contributed by atoms with van der Waals surface area (Å²) in [7, 11) is 3.07. The van der Waals surface area contributed by atoms with Crippen molar-refractivity contribution in [3.8, 4) is 39.1 Å². The highest BCUT2D eigenvalue weighted by Crippen LogP contribution is 2.46. The number of halogens is 2. The van der Waals surface area contributed by atoms with Crippen molar-refractivity contribution in [2.75, 3.05) is 14.2 Å². The van der Waals surface area contributed by atoms with Gasteiger partial charge in [-0.2, -0.15) is 0 Å². The highest BCUT2D eigenvalue weighted by atomic mass is 79.9. The molecule has 0 aliphatic carbocycles. The minimum absolute atomic E-state index is 0.243. The summed E-state index contributed by atoms with van der Waals surface area (Å²) in [6, 6.07) is 6.93. The van der Waals surface area contributed by atoms with Crippen molar-refractivity contribution in [1.29, 1.82) is 0 Å². The van der Waals surface area contributed by atoms with Gasteiger partial charge >= 0.3 is 0 Å². The van der Waals surface area contributed by atoms with Crippen LogP contribution < -0.4 is 10.1 Å². The average Bonchev–Trinajstić information content (AvgIpc) is 3.17. The van der Waals surface area contributed by atoms with Crippen LogP contribution >= 0.6 is 43.2 Å². The Morgan fingerprint density at radius 3 is 2.63 bits per heavy atom. The molecule has 1 heterocycles. The van der Waals surface area contributed by atoms with Crippen molar-refractivity contribution in [2.45, 2.75) is 0 Å². The number of hydrogen-bond acceptors (Lipinski definition) is 6. The monoisotopic (exact) mass is 512 g/mol. The first kappa shape index (κ1) is 19.7. The summed E-state index contributed by atoms with van der Waals surface area (Å²) in [4.78, 5) is 16.7. The zero-order valence-electron chi connectivity index (χ0n) is 14.2. The zero-order valence-corrected chi connectivity index (χ0v) is 18.2. The Morgan fingerprint density at radius 2 is 1.96 bits per heavy atom. The number of rotatable bonds is 4. The molecule has 0 aliphatic rings. The number of phenolic OH excluding ortho intramolecular Hbond substituents is 2. The van der Waals surface area contributed by atoms with Crippen LogP contribution in [-0.2, 0) is 0 Å². The van der Waals surface area contributed by atoms with Gasteiger partial charge in [-0.1, -0.05) is 0 Å². The van der Waals surface area contributed by atoms with E-state index < -0.39 is 0 Å². The summed E-state index contributed by atoms with van der Waals surface area (Å²) in [6.07, 6.45) is 0. The van der Waals surface area contributed by atoms with E-state index >= 15 is 0 Å². The first-order chi connectivity index (χ1) is 12.9. The first-order valence-corrected chi connectivity index (χ1v) is 10.1. The number of aromatic hydroxyl groups is 2. The highest BCUT2D eigenvalue weighted by Gasteiger charge is 2.19. The summed E-state index contributed by atoms with van der Waals surface area (Å²) in [5, 5.41) is 24.9. The molecule has 1 amide bonds. The van der Waals surface area contributed by atoms with Crippen LogP contribution in [0.5, 0.6) is 17.2 Å². The third kappa shape index (κ3) is 3.67. The Hall–Kier alpha value is -2.10. The number of aromatic nitrogens is 1. The predicted molar refractivity (Wildman–Crippen MR) is 112 cm³/mol. The minimum atomic E-state index is -0.262. The normalized spacial score (nSPS) is 10.7. The lowest BCUT2D eigenvalue weighted by atomic mass is 10.1. The molecule has 0 bridgehead atoms.